The number of nitrogens with zero attached hydrogens (tertiary/aromatic N) is 1. The van der Waals surface area contributed by atoms with Gasteiger partial charge in [-0.25, -0.2) is 4.39 Å². The van der Waals surface area contributed by atoms with E-state index in [4.69, 9.17) is 5.73 Å². The molecule has 3 amide bonds. The Morgan fingerprint density at radius 2 is 1.51 bits per heavy atom. The lowest BCUT2D eigenvalue weighted by atomic mass is 9.97. The van der Waals surface area contributed by atoms with Crippen LogP contribution in [0.15, 0.2) is 66.7 Å². The number of aliphatic hydroxyl groups is 1. The van der Waals surface area contributed by atoms with Crippen LogP contribution < -0.4 is 16.4 Å². The maximum Gasteiger partial charge on any atom is 0.416 e. The maximum absolute atomic E-state index is 14.2. The van der Waals surface area contributed by atoms with Crippen molar-refractivity contribution >= 4 is 17.7 Å². The molecule has 242 valence electrons. The van der Waals surface area contributed by atoms with Gasteiger partial charge in [0.1, 0.15) is 5.82 Å². The number of amides is 3. The van der Waals surface area contributed by atoms with Gasteiger partial charge in [-0.15, -0.1) is 0 Å². The van der Waals surface area contributed by atoms with E-state index in [0.29, 0.717) is 38.5 Å². The largest absolute Gasteiger partial charge is 0.416 e. The zero-order valence-electron chi connectivity index (χ0n) is 25.2. The summed E-state index contributed by atoms with van der Waals surface area (Å²) in [5.41, 5.74) is 4.93. The highest BCUT2D eigenvalue weighted by atomic mass is 19.4. The minimum atomic E-state index is -4.81. The van der Waals surface area contributed by atoms with Crippen molar-refractivity contribution < 1.29 is 37.1 Å². The van der Waals surface area contributed by atoms with Gasteiger partial charge >= 0.3 is 6.18 Å². The molecule has 0 heterocycles. The van der Waals surface area contributed by atoms with Gasteiger partial charge in [-0.2, -0.15) is 13.2 Å². The molecule has 2 atom stereocenters. The van der Waals surface area contributed by atoms with Gasteiger partial charge in [0.05, 0.1) is 17.7 Å². The van der Waals surface area contributed by atoms with E-state index in [9.17, 15) is 37.1 Å². The molecule has 8 nitrogen and oxygen atoms in total. The van der Waals surface area contributed by atoms with Gasteiger partial charge in [0.25, 0.3) is 11.8 Å². The second kappa shape index (κ2) is 16.1. The molecule has 0 saturated heterocycles. The minimum absolute atomic E-state index is 0.0555. The average molecular weight is 631 g/mol. The first-order chi connectivity index (χ1) is 21.3. The van der Waals surface area contributed by atoms with Crippen LogP contribution in [0.2, 0.25) is 0 Å². The number of aliphatic hydroxyl groups excluding tert-OH is 1. The first-order valence-corrected chi connectivity index (χ1v) is 14.7. The summed E-state index contributed by atoms with van der Waals surface area (Å²) < 4.78 is 54.4. The minimum Gasteiger partial charge on any atom is -0.390 e. The Balaban J connectivity index is 1.93. The highest BCUT2D eigenvalue weighted by Gasteiger charge is 2.32. The van der Waals surface area contributed by atoms with Crippen molar-refractivity contribution in [2.24, 2.45) is 5.73 Å². The fourth-order valence-corrected chi connectivity index (χ4v) is 4.89. The van der Waals surface area contributed by atoms with Gasteiger partial charge in [0, 0.05) is 42.9 Å². The molecule has 0 aliphatic heterocycles. The second-order valence-corrected chi connectivity index (χ2v) is 10.8. The number of hydrogen-bond acceptors (Lipinski definition) is 5. The van der Waals surface area contributed by atoms with Gasteiger partial charge in [0.15, 0.2) is 0 Å². The van der Waals surface area contributed by atoms with Crippen LogP contribution in [-0.4, -0.2) is 59.5 Å². The third kappa shape index (κ3) is 10.4. The first-order valence-electron chi connectivity index (χ1n) is 14.7. The number of carbonyl (C=O) groups excluding carboxylic acids is 3. The molecular weight excluding hydrogens is 592 g/mol. The first kappa shape index (κ1) is 35.2. The van der Waals surface area contributed by atoms with Gasteiger partial charge in [-0.1, -0.05) is 44.2 Å². The van der Waals surface area contributed by atoms with Crippen LogP contribution in [0.4, 0.5) is 17.6 Å². The molecule has 0 aromatic heterocycles. The Bertz CT molecular complexity index is 1460. The fourth-order valence-electron chi connectivity index (χ4n) is 4.89. The smallest absolute Gasteiger partial charge is 0.390 e. The highest BCUT2D eigenvalue weighted by molar-refractivity contribution is 6.04. The molecule has 0 aliphatic carbocycles. The van der Waals surface area contributed by atoms with Crippen LogP contribution in [0, 0.1) is 5.82 Å². The Kier molecular flexibility index (Phi) is 12.6. The number of primary amides is 1. The second-order valence-electron chi connectivity index (χ2n) is 10.8. The number of hydrogen-bond donors (Lipinski definition) is 4. The Morgan fingerprint density at radius 1 is 0.889 bits per heavy atom. The molecule has 0 bridgehead atoms. The third-order valence-corrected chi connectivity index (χ3v) is 7.05. The standard InChI is InChI=1S/C33H38F4N4O4/c1-3-10-41(11-4-2)32(45)25-16-23(30(38)43)15-24(17-25)31(44)40-28(29(42)20-39-19-21-8-6-5-7-9-21)14-22-12-26(33(35,36)37)18-27(34)13-22/h5-9,12-13,15-18,28-29,39,42H,3-4,10-11,14,19-20H2,1-2H3,(H2,38,43)(H,40,44)/t28-,29+/m0/s1. The van der Waals surface area contributed by atoms with E-state index in [1.807, 2.05) is 44.2 Å². The van der Waals surface area contributed by atoms with Crippen molar-refractivity contribution in [1.29, 1.82) is 0 Å². The molecule has 3 aromatic rings. The summed E-state index contributed by atoms with van der Waals surface area (Å²) in [5.74, 6) is -3.22. The van der Waals surface area contributed by atoms with Crippen molar-refractivity contribution in [1.82, 2.24) is 15.5 Å². The van der Waals surface area contributed by atoms with E-state index in [-0.39, 0.29) is 35.2 Å². The van der Waals surface area contributed by atoms with E-state index in [1.165, 1.54) is 18.2 Å². The fraction of sp³-hybridized carbons (Fsp3) is 0.364. The molecule has 45 heavy (non-hydrogen) atoms. The van der Waals surface area contributed by atoms with E-state index in [0.717, 1.165) is 17.7 Å². The SMILES string of the molecule is CCCN(CCC)C(=O)c1cc(C(N)=O)cc(C(=O)N[C@@H](Cc2cc(F)cc(C(F)(F)F)c2)[C@H](O)CNCc2ccccc2)c1. The monoisotopic (exact) mass is 630 g/mol. The number of nitrogens with two attached hydrogens (primary N) is 1. The van der Waals surface area contributed by atoms with Crippen molar-refractivity contribution in [3.63, 3.8) is 0 Å². The molecule has 0 fully saturated rings. The molecule has 5 N–H and O–H groups in total. The third-order valence-electron chi connectivity index (χ3n) is 7.05. The highest BCUT2D eigenvalue weighted by Crippen LogP contribution is 2.31. The molecule has 0 aliphatic rings. The number of nitrogens with one attached hydrogen (secondary N) is 2. The summed E-state index contributed by atoms with van der Waals surface area (Å²) in [5, 5.41) is 16.7. The quantitative estimate of drug-likeness (QED) is 0.181. The number of halogens is 4. The van der Waals surface area contributed by atoms with E-state index in [1.54, 1.807) is 4.90 Å². The van der Waals surface area contributed by atoms with Crippen LogP contribution >= 0.6 is 0 Å². The van der Waals surface area contributed by atoms with E-state index in [2.05, 4.69) is 10.6 Å². The lowest BCUT2D eigenvalue weighted by Crippen LogP contribution is -2.48. The Morgan fingerprint density at radius 3 is 2.11 bits per heavy atom. The summed E-state index contributed by atoms with van der Waals surface area (Å²) in [4.78, 5) is 40.5. The normalized spacial score (nSPS) is 12.8. The van der Waals surface area contributed by atoms with Crippen LogP contribution in [0.5, 0.6) is 0 Å². The zero-order chi connectivity index (χ0) is 33.1. The maximum atomic E-state index is 14.2. The number of carbonyl (C=O) groups is 3. The van der Waals surface area contributed by atoms with Crippen molar-refractivity contribution in [2.45, 2.75) is 58.0 Å². The zero-order valence-corrected chi connectivity index (χ0v) is 25.2. The molecule has 12 heteroatoms. The predicted octanol–water partition coefficient (Wildman–Crippen LogP) is 4.70. The van der Waals surface area contributed by atoms with Gasteiger partial charge in [-0.3, -0.25) is 14.4 Å². The summed E-state index contributed by atoms with van der Waals surface area (Å²) in [6.07, 6.45) is -5.14. The molecule has 0 unspecified atom stereocenters. The molecule has 0 radical (unpaired) electrons. The van der Waals surface area contributed by atoms with E-state index < -0.39 is 47.4 Å². The molecular formula is C33H38F4N4O4. The van der Waals surface area contributed by atoms with Crippen LogP contribution in [0.25, 0.3) is 0 Å². The molecule has 0 spiro atoms. The predicted molar refractivity (Wildman–Crippen MR) is 162 cm³/mol. The Hall–Kier alpha value is -4.29. The van der Waals surface area contributed by atoms with E-state index >= 15 is 0 Å². The van der Waals surface area contributed by atoms with Crippen molar-refractivity contribution in [3.05, 3.63) is 106 Å². The Labute approximate surface area is 259 Å². The lowest BCUT2D eigenvalue weighted by Gasteiger charge is -2.26. The van der Waals surface area contributed by atoms with Gasteiger partial charge in [-0.05, 0) is 66.8 Å². The van der Waals surface area contributed by atoms with Crippen molar-refractivity contribution in [3.8, 4) is 0 Å². The summed E-state index contributed by atoms with van der Waals surface area (Å²) in [6, 6.07) is 13.8. The topological polar surface area (TPSA) is 125 Å². The summed E-state index contributed by atoms with van der Waals surface area (Å²) in [6.45, 7) is 5.00. The van der Waals surface area contributed by atoms with Crippen LogP contribution in [-0.2, 0) is 19.1 Å². The number of rotatable bonds is 15. The molecule has 3 aromatic carbocycles. The lowest BCUT2D eigenvalue weighted by molar-refractivity contribution is -0.137. The average Bonchev–Trinajstić information content (AvgIpc) is 2.99. The van der Waals surface area contributed by atoms with Gasteiger partial charge < -0.3 is 26.4 Å². The number of benzene rings is 3. The summed E-state index contributed by atoms with van der Waals surface area (Å²) >= 11 is 0. The number of alkyl halides is 3. The molecule has 0 saturated carbocycles. The van der Waals surface area contributed by atoms with Crippen LogP contribution in [0.3, 0.4) is 0 Å². The molecule has 3 rings (SSSR count). The van der Waals surface area contributed by atoms with Crippen molar-refractivity contribution in [2.75, 3.05) is 19.6 Å². The van der Waals surface area contributed by atoms with Crippen LogP contribution in [0.1, 0.15) is 74.5 Å². The van der Waals surface area contributed by atoms with Gasteiger partial charge in [0.2, 0.25) is 5.91 Å². The summed E-state index contributed by atoms with van der Waals surface area (Å²) in [7, 11) is 0.